The van der Waals surface area contributed by atoms with Gasteiger partial charge in [-0.15, -0.1) is 0 Å². The normalized spacial score (nSPS) is 28.2. The first kappa shape index (κ1) is 6.58. The topological polar surface area (TPSA) is 21.6 Å². The minimum atomic E-state index is -0.167. The highest BCUT2D eigenvalue weighted by atomic mass is 19.1. The lowest BCUT2D eigenvalue weighted by atomic mass is 10.1. The van der Waals surface area contributed by atoms with E-state index < -0.39 is 0 Å². The van der Waals surface area contributed by atoms with Crippen LogP contribution in [0.4, 0.5) is 4.39 Å². The molecule has 0 radical (unpaired) electrons. The SMILES string of the molecule is CC1=NC2=CC=C(F)CC2O1. The zero-order valence-electron chi connectivity index (χ0n) is 6.17. The Morgan fingerprint density at radius 1 is 1.64 bits per heavy atom. The summed E-state index contributed by atoms with van der Waals surface area (Å²) in [5.74, 6) is 0.494. The molecule has 0 fully saturated rings. The van der Waals surface area contributed by atoms with Crippen molar-refractivity contribution in [1.29, 1.82) is 0 Å². The van der Waals surface area contributed by atoms with Crippen LogP contribution in [0.2, 0.25) is 0 Å². The van der Waals surface area contributed by atoms with Gasteiger partial charge in [-0.2, -0.15) is 0 Å². The number of ether oxygens (including phenoxy) is 1. The van der Waals surface area contributed by atoms with Crippen LogP contribution in [0.5, 0.6) is 0 Å². The second kappa shape index (κ2) is 2.19. The standard InChI is InChI=1S/C8H8FNO/c1-5-10-7-3-2-6(9)4-8(7)11-5/h2-3,8H,4H2,1H3. The van der Waals surface area contributed by atoms with Crippen molar-refractivity contribution < 1.29 is 9.13 Å². The molecule has 0 bridgehead atoms. The molecule has 1 unspecified atom stereocenters. The predicted molar refractivity (Wildman–Crippen MR) is 39.9 cm³/mol. The number of rotatable bonds is 0. The fraction of sp³-hybridized carbons (Fsp3) is 0.375. The van der Waals surface area contributed by atoms with Crippen molar-refractivity contribution in [3.05, 3.63) is 23.7 Å². The molecule has 58 valence electrons. The molecule has 1 aliphatic carbocycles. The maximum atomic E-state index is 12.6. The first-order valence-electron chi connectivity index (χ1n) is 3.54. The highest BCUT2D eigenvalue weighted by Gasteiger charge is 2.26. The summed E-state index contributed by atoms with van der Waals surface area (Å²) in [5, 5.41) is 0. The van der Waals surface area contributed by atoms with E-state index in [9.17, 15) is 4.39 Å². The first-order valence-corrected chi connectivity index (χ1v) is 3.54. The van der Waals surface area contributed by atoms with E-state index in [1.807, 2.05) is 0 Å². The molecule has 1 atom stereocenters. The minimum absolute atomic E-state index is 0.136. The van der Waals surface area contributed by atoms with E-state index in [0.29, 0.717) is 12.3 Å². The molecule has 1 aliphatic heterocycles. The van der Waals surface area contributed by atoms with Gasteiger partial charge in [0.25, 0.3) is 0 Å². The molecule has 0 spiro atoms. The second-order valence-electron chi connectivity index (χ2n) is 2.65. The summed E-state index contributed by atoms with van der Waals surface area (Å²) in [6.45, 7) is 1.77. The van der Waals surface area contributed by atoms with E-state index in [2.05, 4.69) is 4.99 Å². The Hall–Kier alpha value is -1.12. The summed E-state index contributed by atoms with van der Waals surface area (Å²) < 4.78 is 17.9. The summed E-state index contributed by atoms with van der Waals surface area (Å²) in [5.41, 5.74) is 0.837. The highest BCUT2D eigenvalue weighted by Crippen LogP contribution is 2.27. The Morgan fingerprint density at radius 3 is 3.27 bits per heavy atom. The molecule has 11 heavy (non-hydrogen) atoms. The van der Waals surface area contributed by atoms with Crippen LogP contribution in [0, 0.1) is 0 Å². The van der Waals surface area contributed by atoms with Gasteiger partial charge in [0.1, 0.15) is 11.9 Å². The Morgan fingerprint density at radius 2 is 2.45 bits per heavy atom. The number of aliphatic imine (C=N–C) groups is 1. The lowest BCUT2D eigenvalue weighted by Gasteiger charge is -2.12. The van der Waals surface area contributed by atoms with E-state index in [0.717, 1.165) is 5.70 Å². The third-order valence-electron chi connectivity index (χ3n) is 1.74. The number of hydrogen-bond acceptors (Lipinski definition) is 2. The Labute approximate surface area is 64.1 Å². The van der Waals surface area contributed by atoms with Crippen molar-refractivity contribution in [3.8, 4) is 0 Å². The van der Waals surface area contributed by atoms with Crippen LogP contribution in [0.15, 0.2) is 28.7 Å². The van der Waals surface area contributed by atoms with Crippen LogP contribution in [0.25, 0.3) is 0 Å². The largest absolute Gasteiger partial charge is 0.471 e. The van der Waals surface area contributed by atoms with E-state index >= 15 is 0 Å². The maximum absolute atomic E-state index is 12.6. The fourth-order valence-corrected chi connectivity index (χ4v) is 1.26. The number of hydrogen-bond donors (Lipinski definition) is 0. The minimum Gasteiger partial charge on any atom is -0.471 e. The fourth-order valence-electron chi connectivity index (χ4n) is 1.26. The van der Waals surface area contributed by atoms with Gasteiger partial charge in [-0.1, -0.05) is 0 Å². The van der Waals surface area contributed by atoms with Crippen molar-refractivity contribution in [1.82, 2.24) is 0 Å². The third-order valence-corrected chi connectivity index (χ3v) is 1.74. The molecule has 0 amide bonds. The molecule has 0 aromatic rings. The van der Waals surface area contributed by atoms with Crippen LogP contribution < -0.4 is 0 Å². The van der Waals surface area contributed by atoms with Crippen LogP contribution >= 0.6 is 0 Å². The van der Waals surface area contributed by atoms with Crippen LogP contribution in [-0.4, -0.2) is 12.0 Å². The maximum Gasteiger partial charge on any atom is 0.185 e. The monoisotopic (exact) mass is 153 g/mol. The molecular formula is C8H8FNO. The Kier molecular flexibility index (Phi) is 1.31. The van der Waals surface area contributed by atoms with Gasteiger partial charge in [-0.3, -0.25) is 0 Å². The summed E-state index contributed by atoms with van der Waals surface area (Å²) >= 11 is 0. The average molecular weight is 153 g/mol. The summed E-state index contributed by atoms with van der Waals surface area (Å²) in [6.07, 6.45) is 3.27. The molecule has 0 saturated heterocycles. The quantitative estimate of drug-likeness (QED) is 0.521. The molecule has 1 heterocycles. The Bertz CT molecular complexity index is 278. The smallest absolute Gasteiger partial charge is 0.185 e. The number of allylic oxidation sites excluding steroid dienone is 2. The zero-order valence-corrected chi connectivity index (χ0v) is 6.17. The molecule has 2 aliphatic rings. The van der Waals surface area contributed by atoms with Gasteiger partial charge < -0.3 is 4.74 Å². The summed E-state index contributed by atoms with van der Waals surface area (Å²) in [4.78, 5) is 4.09. The van der Waals surface area contributed by atoms with Crippen molar-refractivity contribution >= 4 is 5.90 Å². The van der Waals surface area contributed by atoms with E-state index in [4.69, 9.17) is 4.74 Å². The molecule has 0 saturated carbocycles. The van der Waals surface area contributed by atoms with Crippen molar-refractivity contribution in [2.75, 3.05) is 0 Å². The zero-order chi connectivity index (χ0) is 7.84. The number of nitrogens with zero attached hydrogens (tertiary/aromatic N) is 1. The van der Waals surface area contributed by atoms with Crippen LogP contribution in [-0.2, 0) is 4.74 Å². The van der Waals surface area contributed by atoms with Crippen LogP contribution in [0.1, 0.15) is 13.3 Å². The van der Waals surface area contributed by atoms with Gasteiger partial charge in [-0.25, -0.2) is 9.38 Å². The molecule has 0 aromatic heterocycles. The molecular weight excluding hydrogens is 145 g/mol. The van der Waals surface area contributed by atoms with Gasteiger partial charge in [0, 0.05) is 13.3 Å². The van der Waals surface area contributed by atoms with Gasteiger partial charge in [0.15, 0.2) is 5.90 Å². The highest BCUT2D eigenvalue weighted by molar-refractivity contribution is 5.77. The predicted octanol–water partition coefficient (Wildman–Crippen LogP) is 1.94. The third kappa shape index (κ3) is 1.06. The molecule has 0 N–H and O–H groups in total. The summed E-state index contributed by atoms with van der Waals surface area (Å²) in [7, 11) is 0. The average Bonchev–Trinajstić information content (AvgIpc) is 2.27. The number of fused-ring (bicyclic) bond motifs is 1. The lowest BCUT2D eigenvalue weighted by Crippen LogP contribution is -2.12. The van der Waals surface area contributed by atoms with Crippen molar-refractivity contribution in [2.45, 2.75) is 19.4 Å². The van der Waals surface area contributed by atoms with E-state index in [-0.39, 0.29) is 11.9 Å². The molecule has 2 nitrogen and oxygen atoms in total. The van der Waals surface area contributed by atoms with Crippen LogP contribution in [0.3, 0.4) is 0 Å². The van der Waals surface area contributed by atoms with Crippen molar-refractivity contribution in [3.63, 3.8) is 0 Å². The molecule has 0 aromatic carbocycles. The van der Waals surface area contributed by atoms with E-state index in [1.165, 1.54) is 6.08 Å². The van der Waals surface area contributed by atoms with Gasteiger partial charge in [0.2, 0.25) is 0 Å². The Balaban J connectivity index is 2.29. The number of halogens is 1. The van der Waals surface area contributed by atoms with Gasteiger partial charge >= 0.3 is 0 Å². The first-order chi connectivity index (χ1) is 5.25. The molecule has 3 heteroatoms. The molecule has 2 rings (SSSR count). The second-order valence-corrected chi connectivity index (χ2v) is 2.65. The summed E-state index contributed by atoms with van der Waals surface area (Å²) in [6, 6.07) is 0. The lowest BCUT2D eigenvalue weighted by molar-refractivity contribution is 0.231. The van der Waals surface area contributed by atoms with E-state index in [1.54, 1.807) is 13.0 Å². The van der Waals surface area contributed by atoms with Crippen molar-refractivity contribution in [2.24, 2.45) is 4.99 Å². The van der Waals surface area contributed by atoms with Gasteiger partial charge in [-0.05, 0) is 12.2 Å². The van der Waals surface area contributed by atoms with Gasteiger partial charge in [0.05, 0.1) is 5.70 Å².